The van der Waals surface area contributed by atoms with Crippen molar-refractivity contribution in [2.24, 2.45) is 0 Å². The quantitative estimate of drug-likeness (QED) is 0.183. The minimum absolute atomic E-state index is 0.00754. The number of aromatic amines is 1. The third-order valence-electron chi connectivity index (χ3n) is 6.85. The summed E-state index contributed by atoms with van der Waals surface area (Å²) >= 11 is 13.4. The number of H-pyrrole nitrogens is 1. The molecular weight excluding hydrogens is 603 g/mol. The Labute approximate surface area is 259 Å². The molecule has 0 saturated heterocycles. The molecule has 0 atom stereocenters. The number of carbonyl (C=O) groups is 2. The zero-order valence-corrected chi connectivity index (χ0v) is 26.2. The van der Waals surface area contributed by atoms with Gasteiger partial charge in [-0.1, -0.05) is 60.5 Å². The van der Waals surface area contributed by atoms with Crippen molar-refractivity contribution >= 4 is 56.8 Å². The minimum Gasteiger partial charge on any atom is -0.506 e. The van der Waals surface area contributed by atoms with Crippen LogP contribution in [-0.4, -0.2) is 91.0 Å². The topological polar surface area (TPSA) is 124 Å². The molecule has 0 unspecified atom stereocenters. The first-order chi connectivity index (χ1) is 20.2. The molecule has 42 heavy (non-hydrogen) atoms. The number of aromatic hydroxyl groups is 1. The van der Waals surface area contributed by atoms with Gasteiger partial charge in [0, 0.05) is 29.7 Å². The van der Waals surface area contributed by atoms with Crippen LogP contribution in [0.5, 0.6) is 5.75 Å². The number of hydrogen-bond donors (Lipinski definition) is 3. The highest BCUT2D eigenvalue weighted by molar-refractivity contribution is 7.16. The largest absolute Gasteiger partial charge is 0.506 e. The van der Waals surface area contributed by atoms with Crippen molar-refractivity contribution in [3.8, 4) is 5.75 Å². The molecule has 2 amide bonds. The SMILES string of the molecule is CCN(CC)CCN(CCOC(=O)NCCc1ccc(O)c2[nH]c(=O)sc12)C(=O)CCOCCc1c(Cl)cccc1Cl. The average molecular weight is 642 g/mol. The van der Waals surface area contributed by atoms with Gasteiger partial charge in [0.2, 0.25) is 5.91 Å². The summed E-state index contributed by atoms with van der Waals surface area (Å²) in [6, 6.07) is 8.59. The Morgan fingerprint density at radius 1 is 1.00 bits per heavy atom. The zero-order valence-electron chi connectivity index (χ0n) is 23.9. The molecule has 1 heterocycles. The molecule has 230 valence electrons. The Hall–Kier alpha value is -2.83. The highest BCUT2D eigenvalue weighted by Gasteiger charge is 2.16. The lowest BCUT2D eigenvalue weighted by atomic mass is 10.1. The van der Waals surface area contributed by atoms with E-state index in [1.54, 1.807) is 29.2 Å². The van der Waals surface area contributed by atoms with Gasteiger partial charge in [0.05, 0.1) is 30.9 Å². The number of nitrogens with one attached hydrogen (secondary N) is 2. The fourth-order valence-corrected chi connectivity index (χ4v) is 5.88. The van der Waals surface area contributed by atoms with Crippen molar-refractivity contribution in [1.82, 2.24) is 20.1 Å². The highest BCUT2D eigenvalue weighted by Crippen LogP contribution is 2.28. The van der Waals surface area contributed by atoms with Gasteiger partial charge in [0.1, 0.15) is 17.9 Å². The van der Waals surface area contributed by atoms with Crippen LogP contribution in [0.3, 0.4) is 0 Å². The van der Waals surface area contributed by atoms with E-state index in [0.29, 0.717) is 52.8 Å². The third-order valence-corrected chi connectivity index (χ3v) is 8.51. The van der Waals surface area contributed by atoms with Gasteiger partial charge in [-0.25, -0.2) is 4.79 Å². The van der Waals surface area contributed by atoms with Gasteiger partial charge in [-0.2, -0.15) is 0 Å². The Morgan fingerprint density at radius 3 is 2.45 bits per heavy atom. The predicted molar refractivity (Wildman–Crippen MR) is 167 cm³/mol. The van der Waals surface area contributed by atoms with E-state index < -0.39 is 6.09 Å². The molecule has 3 aromatic rings. The first-order valence-electron chi connectivity index (χ1n) is 14.0. The fourth-order valence-electron chi connectivity index (χ4n) is 4.40. The summed E-state index contributed by atoms with van der Waals surface area (Å²) < 4.78 is 11.7. The normalized spacial score (nSPS) is 11.3. The molecule has 3 rings (SSSR count). The zero-order chi connectivity index (χ0) is 30.5. The lowest BCUT2D eigenvalue weighted by Gasteiger charge is -2.26. The maximum absolute atomic E-state index is 13.0. The van der Waals surface area contributed by atoms with Crippen LogP contribution in [0.1, 0.15) is 31.4 Å². The van der Waals surface area contributed by atoms with Crippen LogP contribution in [0.4, 0.5) is 4.79 Å². The second-order valence-corrected chi connectivity index (χ2v) is 11.3. The van der Waals surface area contributed by atoms with Crippen LogP contribution in [0.15, 0.2) is 35.1 Å². The van der Waals surface area contributed by atoms with E-state index in [1.807, 2.05) is 0 Å². The van der Waals surface area contributed by atoms with Crippen molar-refractivity contribution in [3.63, 3.8) is 0 Å². The second-order valence-electron chi connectivity index (χ2n) is 9.50. The summed E-state index contributed by atoms with van der Waals surface area (Å²) in [6.07, 6.45) is 0.610. The van der Waals surface area contributed by atoms with E-state index in [-0.39, 0.29) is 49.3 Å². The first kappa shape index (κ1) is 33.7. The summed E-state index contributed by atoms with van der Waals surface area (Å²) in [7, 11) is 0. The maximum atomic E-state index is 13.0. The van der Waals surface area contributed by atoms with E-state index in [9.17, 15) is 19.5 Å². The van der Waals surface area contributed by atoms with Gasteiger partial charge in [-0.05, 0) is 55.3 Å². The van der Waals surface area contributed by atoms with Crippen LogP contribution in [0.2, 0.25) is 10.0 Å². The lowest BCUT2D eigenvalue weighted by molar-refractivity contribution is -0.133. The average Bonchev–Trinajstić information content (AvgIpc) is 3.37. The van der Waals surface area contributed by atoms with Crippen molar-refractivity contribution in [1.29, 1.82) is 0 Å². The van der Waals surface area contributed by atoms with E-state index in [4.69, 9.17) is 32.7 Å². The number of amides is 2. The molecule has 2 aromatic carbocycles. The standard InChI is InChI=1S/C29H38Cl2N4O6S/c1-3-34(4-2)14-15-35(25(37)12-18-40-17-11-21-22(30)6-5-7-23(21)31)16-19-41-28(38)32-13-10-20-8-9-24(36)26-27(20)42-29(39)33-26/h5-9,36H,3-4,10-19H2,1-2H3,(H,32,38)(H,33,39). The Balaban J connectivity index is 1.42. The van der Waals surface area contributed by atoms with Crippen molar-refractivity contribution < 1.29 is 24.2 Å². The molecule has 0 saturated carbocycles. The first-order valence-corrected chi connectivity index (χ1v) is 15.6. The lowest BCUT2D eigenvalue weighted by Crippen LogP contribution is -2.41. The van der Waals surface area contributed by atoms with Crippen LogP contribution in [0.25, 0.3) is 10.2 Å². The summed E-state index contributed by atoms with van der Waals surface area (Å²) in [6.45, 7) is 8.34. The van der Waals surface area contributed by atoms with Crippen LogP contribution < -0.4 is 10.2 Å². The van der Waals surface area contributed by atoms with E-state index in [2.05, 4.69) is 29.0 Å². The number of hydrogen-bond acceptors (Lipinski definition) is 8. The number of benzene rings is 2. The van der Waals surface area contributed by atoms with Crippen molar-refractivity contribution in [3.05, 3.63) is 61.2 Å². The van der Waals surface area contributed by atoms with Crippen LogP contribution in [-0.2, 0) is 27.1 Å². The number of nitrogens with zero attached hydrogens (tertiary/aromatic N) is 2. The number of phenols is 1. The van der Waals surface area contributed by atoms with Gasteiger partial charge >= 0.3 is 11.0 Å². The molecule has 13 heteroatoms. The number of ether oxygens (including phenoxy) is 2. The molecule has 10 nitrogen and oxygen atoms in total. The van der Waals surface area contributed by atoms with Gasteiger partial charge in [0.25, 0.3) is 0 Å². The molecular formula is C29H38Cl2N4O6S. The summed E-state index contributed by atoms with van der Waals surface area (Å²) in [5.74, 6) is -0.0723. The van der Waals surface area contributed by atoms with E-state index in [0.717, 1.165) is 35.6 Å². The van der Waals surface area contributed by atoms with Crippen molar-refractivity contribution in [2.75, 3.05) is 59.1 Å². The monoisotopic (exact) mass is 640 g/mol. The molecule has 0 spiro atoms. The second kappa shape index (κ2) is 17.3. The number of phenolic OH excluding ortho intramolecular Hbond substituents is 1. The molecule has 3 N–H and O–H groups in total. The third kappa shape index (κ3) is 10.2. The molecule has 0 fully saturated rings. The predicted octanol–water partition coefficient (Wildman–Crippen LogP) is 4.69. The van der Waals surface area contributed by atoms with Crippen LogP contribution >= 0.6 is 34.5 Å². The summed E-state index contributed by atoms with van der Waals surface area (Å²) in [5.41, 5.74) is 2.05. The number of thiazole rings is 1. The molecule has 0 aliphatic heterocycles. The van der Waals surface area contributed by atoms with Crippen LogP contribution in [0, 0.1) is 0 Å². The Morgan fingerprint density at radius 2 is 1.74 bits per heavy atom. The van der Waals surface area contributed by atoms with E-state index >= 15 is 0 Å². The molecule has 0 radical (unpaired) electrons. The number of aromatic nitrogens is 1. The smallest absolute Gasteiger partial charge is 0.407 e. The maximum Gasteiger partial charge on any atom is 0.407 e. The fraction of sp³-hybridized carbons (Fsp3) is 0.483. The number of likely N-dealkylation sites (N-methyl/N-ethyl adjacent to an activating group) is 1. The molecule has 0 aliphatic carbocycles. The van der Waals surface area contributed by atoms with Crippen molar-refractivity contribution in [2.45, 2.75) is 33.1 Å². The summed E-state index contributed by atoms with van der Waals surface area (Å²) in [5, 5.41) is 13.8. The number of halogens is 2. The number of alkyl carbamates (subject to hydrolysis) is 1. The van der Waals surface area contributed by atoms with Gasteiger partial charge in [-0.15, -0.1) is 0 Å². The van der Waals surface area contributed by atoms with Gasteiger partial charge in [-0.3, -0.25) is 9.59 Å². The van der Waals surface area contributed by atoms with Gasteiger partial charge in [0.15, 0.2) is 0 Å². The Bertz CT molecular complexity index is 1360. The molecule has 0 bridgehead atoms. The van der Waals surface area contributed by atoms with Gasteiger partial charge < -0.3 is 34.7 Å². The minimum atomic E-state index is -0.593. The Kier molecular flexibility index (Phi) is 13.9. The number of rotatable bonds is 17. The molecule has 0 aliphatic rings. The summed E-state index contributed by atoms with van der Waals surface area (Å²) in [4.78, 5) is 43.3. The molecule has 1 aromatic heterocycles. The highest BCUT2D eigenvalue weighted by atomic mass is 35.5. The number of carbonyl (C=O) groups excluding carboxylic acids is 2. The number of fused-ring (bicyclic) bond motifs is 1. The van der Waals surface area contributed by atoms with E-state index in [1.165, 1.54) is 6.07 Å².